The SMILES string of the molecule is CCCC(C)(NC(=O)OCC1c2ccccc2-c2ccccc21)C(=O)NCC(C)(CC)C(=O)O. The maximum atomic E-state index is 13.0. The minimum atomic E-state index is -1.22. The van der Waals surface area contributed by atoms with E-state index >= 15 is 0 Å². The highest BCUT2D eigenvalue weighted by Crippen LogP contribution is 2.44. The second-order valence-corrected chi connectivity index (χ2v) is 9.43. The third kappa shape index (κ3) is 5.08. The number of fused-ring (bicyclic) bond motifs is 3. The number of benzene rings is 2. The maximum absolute atomic E-state index is 13.0. The molecular weight excluding hydrogens is 432 g/mol. The topological polar surface area (TPSA) is 105 Å². The molecule has 0 spiro atoms. The zero-order valence-corrected chi connectivity index (χ0v) is 20.3. The second kappa shape index (κ2) is 10.3. The Kier molecular flexibility index (Phi) is 7.64. The van der Waals surface area contributed by atoms with E-state index in [1.807, 2.05) is 43.3 Å². The molecular formula is C27H34N2O5. The summed E-state index contributed by atoms with van der Waals surface area (Å²) in [4.78, 5) is 37.3. The summed E-state index contributed by atoms with van der Waals surface area (Å²) in [5, 5.41) is 14.9. The van der Waals surface area contributed by atoms with E-state index in [0.29, 0.717) is 19.3 Å². The lowest BCUT2D eigenvalue weighted by molar-refractivity contribution is -0.148. The molecule has 0 saturated heterocycles. The number of carboxylic acids is 1. The fraction of sp³-hybridized carbons (Fsp3) is 0.444. The van der Waals surface area contributed by atoms with Crippen LogP contribution in [0.2, 0.25) is 0 Å². The van der Waals surface area contributed by atoms with Crippen LogP contribution in [-0.2, 0) is 14.3 Å². The Labute approximate surface area is 200 Å². The van der Waals surface area contributed by atoms with Crippen molar-refractivity contribution < 1.29 is 24.2 Å². The highest BCUT2D eigenvalue weighted by atomic mass is 16.5. The number of carboxylic acid groups (broad SMARTS) is 1. The molecule has 0 fully saturated rings. The zero-order chi connectivity index (χ0) is 24.9. The van der Waals surface area contributed by atoms with Gasteiger partial charge in [0.25, 0.3) is 0 Å². The summed E-state index contributed by atoms with van der Waals surface area (Å²) in [6.45, 7) is 7.03. The molecule has 182 valence electrons. The number of carbonyl (C=O) groups is 3. The smallest absolute Gasteiger partial charge is 0.408 e. The molecule has 2 atom stereocenters. The third-order valence-corrected chi connectivity index (χ3v) is 6.91. The predicted octanol–water partition coefficient (Wildman–Crippen LogP) is 4.70. The zero-order valence-electron chi connectivity index (χ0n) is 20.3. The van der Waals surface area contributed by atoms with Gasteiger partial charge < -0.3 is 20.5 Å². The Bertz CT molecular complexity index is 1020. The molecule has 7 heteroatoms. The highest BCUT2D eigenvalue weighted by Gasteiger charge is 2.38. The lowest BCUT2D eigenvalue weighted by atomic mass is 9.87. The Hall–Kier alpha value is -3.35. The molecule has 2 amide bonds. The van der Waals surface area contributed by atoms with Crippen LogP contribution < -0.4 is 10.6 Å². The summed E-state index contributed by atoms with van der Waals surface area (Å²) in [6.07, 6.45) is 0.730. The third-order valence-electron chi connectivity index (χ3n) is 6.91. The fourth-order valence-corrected chi connectivity index (χ4v) is 4.41. The second-order valence-electron chi connectivity index (χ2n) is 9.43. The molecule has 2 aromatic carbocycles. The Balaban J connectivity index is 1.67. The van der Waals surface area contributed by atoms with Crippen LogP contribution in [0.4, 0.5) is 4.79 Å². The molecule has 2 unspecified atom stereocenters. The van der Waals surface area contributed by atoms with Gasteiger partial charge in [0.1, 0.15) is 12.1 Å². The first-order valence-electron chi connectivity index (χ1n) is 11.8. The molecule has 0 bridgehead atoms. The lowest BCUT2D eigenvalue weighted by Gasteiger charge is -2.31. The van der Waals surface area contributed by atoms with E-state index in [4.69, 9.17) is 4.74 Å². The first kappa shape index (κ1) is 25.3. The summed E-state index contributed by atoms with van der Waals surface area (Å²) in [6, 6.07) is 16.2. The molecule has 0 radical (unpaired) electrons. The summed E-state index contributed by atoms with van der Waals surface area (Å²) >= 11 is 0. The van der Waals surface area contributed by atoms with E-state index in [-0.39, 0.29) is 19.1 Å². The van der Waals surface area contributed by atoms with Gasteiger partial charge in [0, 0.05) is 12.5 Å². The number of hydrogen-bond donors (Lipinski definition) is 3. The molecule has 0 saturated carbocycles. The number of aliphatic carboxylic acids is 1. The van der Waals surface area contributed by atoms with Gasteiger partial charge in [-0.15, -0.1) is 0 Å². The number of nitrogens with one attached hydrogen (secondary N) is 2. The van der Waals surface area contributed by atoms with Gasteiger partial charge in [0.2, 0.25) is 5.91 Å². The molecule has 1 aliphatic carbocycles. The quantitative estimate of drug-likeness (QED) is 0.471. The molecule has 2 aromatic rings. The standard InChI is InChI=1S/C27H34N2O5/c1-5-15-27(4,23(30)28-17-26(3,6-2)24(31)32)29-25(33)34-16-22-20-13-9-7-11-18(20)19-12-8-10-14-21(19)22/h7-14,22H,5-6,15-17H2,1-4H3,(H,28,30)(H,29,33)(H,31,32). The van der Waals surface area contributed by atoms with E-state index in [1.165, 1.54) is 0 Å². The first-order chi connectivity index (χ1) is 16.1. The molecule has 3 N–H and O–H groups in total. The van der Waals surface area contributed by atoms with Crippen molar-refractivity contribution in [3.63, 3.8) is 0 Å². The van der Waals surface area contributed by atoms with Gasteiger partial charge in [-0.3, -0.25) is 9.59 Å². The van der Waals surface area contributed by atoms with Gasteiger partial charge in [-0.1, -0.05) is 68.8 Å². The van der Waals surface area contributed by atoms with Crippen molar-refractivity contribution in [2.45, 2.75) is 58.4 Å². The van der Waals surface area contributed by atoms with Crippen LogP contribution in [0.3, 0.4) is 0 Å². The molecule has 34 heavy (non-hydrogen) atoms. The van der Waals surface area contributed by atoms with Crippen molar-refractivity contribution in [3.8, 4) is 11.1 Å². The van der Waals surface area contributed by atoms with Gasteiger partial charge in [-0.05, 0) is 48.9 Å². The normalized spacial score (nSPS) is 15.9. The lowest BCUT2D eigenvalue weighted by Crippen LogP contribution is -2.58. The van der Waals surface area contributed by atoms with Crippen LogP contribution in [0.1, 0.15) is 64.0 Å². The van der Waals surface area contributed by atoms with Crippen molar-refractivity contribution in [2.75, 3.05) is 13.2 Å². The number of amides is 2. The largest absolute Gasteiger partial charge is 0.481 e. The Morgan fingerprint density at radius 1 is 0.971 bits per heavy atom. The van der Waals surface area contributed by atoms with Crippen LogP contribution in [0.5, 0.6) is 0 Å². The van der Waals surface area contributed by atoms with E-state index in [9.17, 15) is 19.5 Å². The Morgan fingerprint density at radius 2 is 1.53 bits per heavy atom. The van der Waals surface area contributed by atoms with Gasteiger partial charge in [-0.2, -0.15) is 0 Å². The monoisotopic (exact) mass is 466 g/mol. The van der Waals surface area contributed by atoms with Crippen molar-refractivity contribution in [1.82, 2.24) is 10.6 Å². The molecule has 1 aliphatic rings. The average molecular weight is 467 g/mol. The van der Waals surface area contributed by atoms with Gasteiger partial charge in [-0.25, -0.2) is 4.79 Å². The van der Waals surface area contributed by atoms with Crippen molar-refractivity contribution in [3.05, 3.63) is 59.7 Å². The minimum absolute atomic E-state index is 0.0245. The summed E-state index contributed by atoms with van der Waals surface area (Å²) in [5.74, 6) is -1.48. The van der Waals surface area contributed by atoms with Crippen molar-refractivity contribution in [1.29, 1.82) is 0 Å². The van der Waals surface area contributed by atoms with Crippen LogP contribution in [0.25, 0.3) is 11.1 Å². The average Bonchev–Trinajstić information content (AvgIpc) is 3.14. The summed E-state index contributed by atoms with van der Waals surface area (Å²) in [5.41, 5.74) is 2.20. The Morgan fingerprint density at radius 3 is 2.03 bits per heavy atom. The minimum Gasteiger partial charge on any atom is -0.481 e. The summed E-state index contributed by atoms with van der Waals surface area (Å²) < 4.78 is 5.61. The highest BCUT2D eigenvalue weighted by molar-refractivity contribution is 5.90. The van der Waals surface area contributed by atoms with Crippen LogP contribution in [0.15, 0.2) is 48.5 Å². The van der Waals surface area contributed by atoms with Crippen LogP contribution in [0, 0.1) is 5.41 Å². The molecule has 0 heterocycles. The van der Waals surface area contributed by atoms with Gasteiger partial charge >= 0.3 is 12.1 Å². The molecule has 0 aromatic heterocycles. The number of hydrogen-bond acceptors (Lipinski definition) is 4. The van der Waals surface area contributed by atoms with Crippen LogP contribution >= 0.6 is 0 Å². The van der Waals surface area contributed by atoms with Crippen molar-refractivity contribution >= 4 is 18.0 Å². The van der Waals surface area contributed by atoms with E-state index in [1.54, 1.807) is 20.8 Å². The number of alkyl carbamates (subject to hydrolysis) is 1. The molecule has 7 nitrogen and oxygen atoms in total. The molecule has 3 rings (SSSR count). The number of carbonyl (C=O) groups excluding carboxylic acids is 2. The predicted molar refractivity (Wildman–Crippen MR) is 131 cm³/mol. The summed E-state index contributed by atoms with van der Waals surface area (Å²) in [7, 11) is 0. The van der Waals surface area contributed by atoms with Crippen LogP contribution in [-0.4, -0.2) is 41.8 Å². The number of ether oxygens (including phenoxy) is 1. The van der Waals surface area contributed by atoms with E-state index in [2.05, 4.69) is 22.8 Å². The first-order valence-corrected chi connectivity index (χ1v) is 11.8. The van der Waals surface area contributed by atoms with E-state index in [0.717, 1.165) is 22.3 Å². The maximum Gasteiger partial charge on any atom is 0.408 e. The van der Waals surface area contributed by atoms with Gasteiger partial charge in [0.05, 0.1) is 5.41 Å². The fourth-order valence-electron chi connectivity index (χ4n) is 4.41. The van der Waals surface area contributed by atoms with Gasteiger partial charge in [0.15, 0.2) is 0 Å². The molecule has 0 aliphatic heterocycles. The number of rotatable bonds is 10. The van der Waals surface area contributed by atoms with Crippen molar-refractivity contribution in [2.24, 2.45) is 5.41 Å². The van der Waals surface area contributed by atoms with E-state index < -0.39 is 28.9 Å².